The smallest absolute Gasteiger partial charge is 0.348 e. The summed E-state index contributed by atoms with van der Waals surface area (Å²) in [6.07, 6.45) is -10.7. The molecule has 0 aromatic carbocycles. The Bertz CT molecular complexity index is 5110. The van der Waals surface area contributed by atoms with Crippen LogP contribution in [0.5, 0.6) is 17.2 Å². The molecule has 6 aliphatic rings. The van der Waals surface area contributed by atoms with Crippen LogP contribution in [-0.4, -0.2) is 274 Å². The Labute approximate surface area is 727 Å². The van der Waals surface area contributed by atoms with E-state index in [9.17, 15) is 136 Å². The summed E-state index contributed by atoms with van der Waals surface area (Å²) in [5, 5.41) is 79.9. The SMILES string of the molecule is C[C@H]1OC(=O)C(C2COC2)N(C)C(=O)[C@H](C)[C@H](O)[C@H](Cc2c(F)nc(F)c(F)c2F)NC(=O)[C@H]1NC(=O)c1ncccc1O.C[C@H]1OC(=O)C(C2COC2)NC(=O)[C@H](C)[C@H](O)[C@H](Cc2c(F)nc(F)c(F)c2F)NC(=O)[C@H]1NC(=O)c1ncccc1O.Cc1nc(F)c(F)c(F)c1C[C@@H]1NC(=O)[C@@H](NC(=O)c2ncccc2O)[C@@H](C)OC(=O)C(C2COC2)OC(=O)[C@H](C)[C@@H]1O. The van der Waals surface area contributed by atoms with Crippen molar-refractivity contribution in [3.63, 3.8) is 0 Å². The molecule has 0 saturated carbocycles. The maximum Gasteiger partial charge on any atom is 0.348 e. The number of aryl methyl sites for hydroxylation is 1. The summed E-state index contributed by atoms with van der Waals surface area (Å²) in [6, 6.07) is -5.41. The molecule has 39 nitrogen and oxygen atoms in total. The van der Waals surface area contributed by atoms with E-state index in [1.54, 1.807) is 0 Å². The third-order valence-electron chi connectivity index (χ3n) is 22.1. The van der Waals surface area contributed by atoms with Crippen molar-refractivity contribution in [2.24, 2.45) is 35.5 Å². The van der Waals surface area contributed by atoms with Gasteiger partial charge in [-0.2, -0.15) is 45.1 Å². The lowest BCUT2D eigenvalue weighted by Gasteiger charge is -2.41. The van der Waals surface area contributed by atoms with Gasteiger partial charge in [-0.25, -0.2) is 47.5 Å². The van der Waals surface area contributed by atoms with Crippen molar-refractivity contribution in [3.8, 4) is 17.2 Å². The number of aliphatic hydroxyl groups excluding tert-OH is 3. The van der Waals surface area contributed by atoms with Gasteiger partial charge in [-0.1, -0.05) is 13.8 Å². The highest BCUT2D eigenvalue weighted by Gasteiger charge is 2.50. The fraction of sp³-hybridized carbons (Fsp3) is 0.475. The second-order valence-corrected chi connectivity index (χ2v) is 31.0. The second kappa shape index (κ2) is 42.4. The van der Waals surface area contributed by atoms with Crippen LogP contribution in [0.2, 0.25) is 0 Å². The lowest BCUT2D eigenvalue weighted by atomic mass is 9.89. The average molecular weight is 1850 g/mol. The monoisotopic (exact) mass is 1850 g/mol. The van der Waals surface area contributed by atoms with Crippen LogP contribution in [0.25, 0.3) is 0 Å². The number of aromatic hydroxyl groups is 3. The summed E-state index contributed by atoms with van der Waals surface area (Å²) < 4.78 is 193. The lowest BCUT2D eigenvalue weighted by Crippen LogP contribution is -2.62. The standard InChI is InChI=1S/C27H29F4N5O8.C27H29F3N4O9.C26H27F4N5O8/c1-10-21(38)14(7-13-16(28)17(29)23(31)35-22(13)30)33-24(39)18(34-25(40)19-15(37)5-4-6-32-19)11(2)44-27(42)20(12-8-43-9-12)36(3)26(10)41;1-10-21(36)15(7-14-11(2)32-23(30)18(29)17(14)28)33-24(37)19(34-25(38)20-16(35)5-4-6-31-20)12(3)42-27(40)22(43-26(10)39)13-8-41-9-13;1-9-20(37)13(6-12-15(27)16(28)22(30)35-21(12)29)32-24(39)17(33-25(40)19-14(36)4-3-5-31-19)10(2)43-26(41)18(34-23(9)38)11-7-42-8-11/h4-6,10-12,14,18,20-21,37-38H,7-9H2,1-3H3,(H,33,39)(H,34,40);4-6,10,12-13,15,19,21-22,35-36H,7-9H2,1-3H3,(H,33,37)(H,34,38);3-5,9-11,13,17-18,20,36-37H,6-8H2,1-2H3,(H,32,39)(H,33,40)(H,34,38)/t10-,11-,14+,18+,20?,21+;10-,12-,15+,19+,21+,22?;9-,10-,13+,17+,18?,20+/m111/s1. The van der Waals surface area contributed by atoms with Gasteiger partial charge in [0, 0.05) is 72.7 Å². The van der Waals surface area contributed by atoms with Gasteiger partial charge in [0.05, 0.1) is 99.8 Å². The van der Waals surface area contributed by atoms with Crippen molar-refractivity contribution in [2.75, 3.05) is 46.7 Å². The van der Waals surface area contributed by atoms with Crippen LogP contribution in [0.15, 0.2) is 55.0 Å². The van der Waals surface area contributed by atoms with Crippen molar-refractivity contribution in [1.29, 1.82) is 0 Å². The molecule has 0 aliphatic carbocycles. The molecule has 702 valence electrons. The molecule has 6 aliphatic heterocycles. The highest BCUT2D eigenvalue weighted by atomic mass is 19.2. The van der Waals surface area contributed by atoms with E-state index in [1.165, 1.54) is 98.4 Å². The molecule has 0 radical (unpaired) electrons. The summed E-state index contributed by atoms with van der Waals surface area (Å²) in [5.74, 6) is -41.1. The largest absolute Gasteiger partial charge is 0.505 e. The fourth-order valence-electron chi connectivity index (χ4n) is 14.2. The van der Waals surface area contributed by atoms with Crippen LogP contribution in [0.3, 0.4) is 0 Å². The number of hydrogen-bond donors (Lipinski definition) is 13. The first-order valence-corrected chi connectivity index (χ1v) is 39.6. The zero-order valence-corrected chi connectivity index (χ0v) is 69.4. The zero-order chi connectivity index (χ0) is 95.6. The van der Waals surface area contributed by atoms with Crippen LogP contribution in [0.1, 0.15) is 95.4 Å². The van der Waals surface area contributed by atoms with E-state index < -0.39 is 333 Å². The van der Waals surface area contributed by atoms with Gasteiger partial charge in [0.2, 0.25) is 65.0 Å². The maximum absolute atomic E-state index is 14.8. The van der Waals surface area contributed by atoms with E-state index in [1.807, 2.05) is 0 Å². The molecule has 130 heavy (non-hydrogen) atoms. The second-order valence-electron chi connectivity index (χ2n) is 31.0. The fourth-order valence-corrected chi connectivity index (χ4v) is 14.2. The van der Waals surface area contributed by atoms with Crippen molar-refractivity contribution in [2.45, 2.75) is 159 Å². The van der Waals surface area contributed by atoms with Crippen LogP contribution in [0, 0.1) is 107 Å². The third-order valence-corrected chi connectivity index (χ3v) is 22.1. The number of esters is 4. The van der Waals surface area contributed by atoms with Crippen molar-refractivity contribution >= 4 is 71.1 Å². The van der Waals surface area contributed by atoms with Crippen LogP contribution < -0.4 is 37.2 Å². The Hall–Kier alpha value is -13.1. The normalized spacial score (nSPS) is 27.1. The number of ether oxygens (including phenoxy) is 7. The van der Waals surface area contributed by atoms with Gasteiger partial charge in [0.1, 0.15) is 65.8 Å². The molecule has 13 N–H and O–H groups in total. The van der Waals surface area contributed by atoms with Gasteiger partial charge in [0.25, 0.3) is 35.6 Å². The molecule has 6 fully saturated rings. The topological polar surface area (TPSA) is 556 Å². The molecule has 6 aromatic heterocycles. The Balaban J connectivity index is 0.000000203. The van der Waals surface area contributed by atoms with E-state index in [2.05, 4.69) is 67.1 Å². The Kier molecular flexibility index (Phi) is 32.4. The molecular weight excluding hydrogens is 1770 g/mol. The van der Waals surface area contributed by atoms with Gasteiger partial charge >= 0.3 is 23.9 Å². The Morgan fingerprint density at radius 1 is 0.415 bits per heavy atom. The summed E-state index contributed by atoms with van der Waals surface area (Å²) in [4.78, 5) is 180. The highest BCUT2D eigenvalue weighted by molar-refractivity contribution is 6.01. The minimum atomic E-state index is -2.11. The highest BCUT2D eigenvalue weighted by Crippen LogP contribution is 2.32. The Morgan fingerprint density at radius 2 is 0.762 bits per heavy atom. The third kappa shape index (κ3) is 22.4. The number of nitrogens with zero attached hydrogens (tertiary/aromatic N) is 7. The number of likely N-dealkylation sites (N-methyl/N-ethyl adjacent to an activating group) is 1. The van der Waals surface area contributed by atoms with Crippen LogP contribution in [0.4, 0.5) is 48.3 Å². The molecule has 6 aromatic rings. The van der Waals surface area contributed by atoms with Crippen molar-refractivity contribution in [1.82, 2.24) is 72.0 Å². The number of nitrogens with one attached hydrogen (secondary N) is 7. The minimum absolute atomic E-state index is 0.0439. The zero-order valence-electron chi connectivity index (χ0n) is 69.4. The van der Waals surface area contributed by atoms with E-state index in [0.29, 0.717) is 0 Å². The van der Waals surface area contributed by atoms with Gasteiger partial charge in [0.15, 0.2) is 34.5 Å². The molecule has 3 unspecified atom stereocenters. The number of carbonyl (C=O) groups excluding carboxylic acids is 12. The van der Waals surface area contributed by atoms with Gasteiger partial charge in [-0.15, -0.1) is 0 Å². The van der Waals surface area contributed by atoms with Crippen LogP contribution >= 0.6 is 0 Å². The lowest BCUT2D eigenvalue weighted by molar-refractivity contribution is -0.192. The molecular formula is C80H85F11N14O25. The average Bonchev–Trinajstić information content (AvgIpc) is 0.747. The predicted molar refractivity (Wildman–Crippen MR) is 409 cm³/mol. The van der Waals surface area contributed by atoms with Gasteiger partial charge in [-0.05, 0) is 77.4 Å². The maximum atomic E-state index is 14.8. The van der Waals surface area contributed by atoms with E-state index >= 15 is 0 Å². The molecule has 18 atom stereocenters. The first kappa shape index (κ1) is 99.1. The molecule has 12 rings (SSSR count). The minimum Gasteiger partial charge on any atom is -0.505 e. The predicted octanol–water partition coefficient (Wildman–Crippen LogP) is -0.147. The molecule has 12 heterocycles. The number of cyclic esters (lactones) is 4. The quantitative estimate of drug-likeness (QED) is 0.0275. The number of rotatable bonds is 15. The molecule has 0 bridgehead atoms. The Morgan fingerprint density at radius 3 is 1.14 bits per heavy atom. The van der Waals surface area contributed by atoms with Gasteiger partial charge in [-0.3, -0.25) is 43.2 Å². The number of pyridine rings is 6. The first-order chi connectivity index (χ1) is 61.3. The number of aromatic nitrogens is 6. The first-order valence-electron chi connectivity index (χ1n) is 39.6. The summed E-state index contributed by atoms with van der Waals surface area (Å²) in [5.41, 5.74) is -4.54. The van der Waals surface area contributed by atoms with E-state index in [-0.39, 0.29) is 45.3 Å². The number of carbonyl (C=O) groups is 12. The number of aliphatic hydroxyl groups is 3. The number of hydrogen-bond acceptors (Lipinski definition) is 31. The summed E-state index contributed by atoms with van der Waals surface area (Å²) in [7, 11) is 1.27. The number of halogens is 11. The number of amides is 8. The summed E-state index contributed by atoms with van der Waals surface area (Å²) >= 11 is 0. The van der Waals surface area contributed by atoms with Crippen molar-refractivity contribution < 1.29 is 170 Å². The van der Waals surface area contributed by atoms with Crippen LogP contribution in [-0.2, 0) is 95.6 Å². The molecule has 50 heteroatoms. The van der Waals surface area contributed by atoms with Gasteiger partial charge < -0.3 is 106 Å². The molecule has 8 amide bonds. The van der Waals surface area contributed by atoms with E-state index in [0.717, 1.165) is 17.0 Å². The molecule has 6 saturated heterocycles. The van der Waals surface area contributed by atoms with Crippen molar-refractivity contribution in [3.05, 3.63) is 159 Å². The summed E-state index contributed by atoms with van der Waals surface area (Å²) in [6.45, 7) is 8.87. The molecule has 0 spiro atoms. The van der Waals surface area contributed by atoms with E-state index in [4.69, 9.17) is 33.2 Å².